The zero-order valence-corrected chi connectivity index (χ0v) is 10.7. The van der Waals surface area contributed by atoms with Gasteiger partial charge in [-0.1, -0.05) is 6.08 Å². The van der Waals surface area contributed by atoms with Gasteiger partial charge in [-0.25, -0.2) is 0 Å². The summed E-state index contributed by atoms with van der Waals surface area (Å²) in [4.78, 5) is 22.9. The van der Waals surface area contributed by atoms with Crippen molar-refractivity contribution in [2.45, 2.75) is 13.3 Å². The van der Waals surface area contributed by atoms with Crippen LogP contribution < -0.4 is 10.1 Å². The van der Waals surface area contributed by atoms with Gasteiger partial charge in [0.15, 0.2) is 5.78 Å². The first kappa shape index (κ1) is 14.0. The fourth-order valence-electron chi connectivity index (χ4n) is 1.56. The summed E-state index contributed by atoms with van der Waals surface area (Å²) >= 11 is 0. The largest absolute Gasteiger partial charge is 0.496 e. The molecule has 4 heteroatoms. The van der Waals surface area contributed by atoms with Gasteiger partial charge < -0.3 is 10.1 Å². The average Bonchev–Trinajstić information content (AvgIpc) is 2.36. The molecule has 1 rings (SSSR count). The Morgan fingerprint density at radius 2 is 2.17 bits per heavy atom. The van der Waals surface area contributed by atoms with Gasteiger partial charge in [-0.05, 0) is 25.1 Å². The van der Waals surface area contributed by atoms with E-state index in [1.165, 1.54) is 14.0 Å². The Balaban J connectivity index is 2.90. The third-order valence-electron chi connectivity index (χ3n) is 2.48. The first-order valence-electron chi connectivity index (χ1n) is 5.64. The van der Waals surface area contributed by atoms with Crippen molar-refractivity contribution in [3.8, 4) is 5.75 Å². The SMILES string of the molecule is C=CCNC(=O)Cc1cc(C(C)=O)ccc1OC. The van der Waals surface area contributed by atoms with E-state index >= 15 is 0 Å². The van der Waals surface area contributed by atoms with Gasteiger partial charge in [0.25, 0.3) is 0 Å². The number of hydrogen-bond acceptors (Lipinski definition) is 3. The fraction of sp³-hybridized carbons (Fsp3) is 0.286. The van der Waals surface area contributed by atoms with Crippen molar-refractivity contribution in [2.24, 2.45) is 0 Å². The molecular formula is C14H17NO3. The van der Waals surface area contributed by atoms with E-state index < -0.39 is 0 Å². The summed E-state index contributed by atoms with van der Waals surface area (Å²) in [6.45, 7) is 5.44. The Kier molecular flexibility index (Phi) is 5.11. The molecule has 0 bridgehead atoms. The van der Waals surface area contributed by atoms with E-state index in [0.717, 1.165) is 0 Å². The van der Waals surface area contributed by atoms with Gasteiger partial charge in [-0.3, -0.25) is 9.59 Å². The summed E-state index contributed by atoms with van der Waals surface area (Å²) < 4.78 is 5.17. The Hall–Kier alpha value is -2.10. The lowest BCUT2D eigenvalue weighted by molar-refractivity contribution is -0.120. The summed E-state index contributed by atoms with van der Waals surface area (Å²) in [5.41, 5.74) is 1.27. The lowest BCUT2D eigenvalue weighted by atomic mass is 10.0. The molecular weight excluding hydrogens is 230 g/mol. The van der Waals surface area contributed by atoms with E-state index in [1.54, 1.807) is 24.3 Å². The van der Waals surface area contributed by atoms with Crippen molar-refractivity contribution in [3.05, 3.63) is 42.0 Å². The molecule has 1 aromatic carbocycles. The topological polar surface area (TPSA) is 55.4 Å². The molecule has 18 heavy (non-hydrogen) atoms. The minimum atomic E-state index is -0.131. The van der Waals surface area contributed by atoms with E-state index in [0.29, 0.717) is 23.4 Å². The van der Waals surface area contributed by atoms with E-state index in [4.69, 9.17) is 4.74 Å². The van der Waals surface area contributed by atoms with Gasteiger partial charge in [0, 0.05) is 17.7 Å². The summed E-state index contributed by atoms with van der Waals surface area (Å²) in [7, 11) is 1.54. The summed E-state index contributed by atoms with van der Waals surface area (Å²) in [6.07, 6.45) is 1.79. The summed E-state index contributed by atoms with van der Waals surface area (Å²) in [5, 5.41) is 2.68. The first-order valence-corrected chi connectivity index (χ1v) is 5.64. The Morgan fingerprint density at radius 1 is 1.44 bits per heavy atom. The Bertz CT molecular complexity index is 466. The van der Waals surface area contributed by atoms with Crippen LogP contribution in [0.4, 0.5) is 0 Å². The van der Waals surface area contributed by atoms with Crippen LogP contribution in [0.1, 0.15) is 22.8 Å². The summed E-state index contributed by atoms with van der Waals surface area (Å²) in [5.74, 6) is 0.438. The van der Waals surface area contributed by atoms with Crippen molar-refractivity contribution in [3.63, 3.8) is 0 Å². The van der Waals surface area contributed by atoms with Gasteiger partial charge in [0.05, 0.1) is 13.5 Å². The van der Waals surface area contributed by atoms with Gasteiger partial charge in [0.2, 0.25) is 5.91 Å². The van der Waals surface area contributed by atoms with Gasteiger partial charge in [-0.2, -0.15) is 0 Å². The van der Waals surface area contributed by atoms with E-state index in [2.05, 4.69) is 11.9 Å². The number of methoxy groups -OCH3 is 1. The maximum atomic E-state index is 11.6. The van der Waals surface area contributed by atoms with Crippen LogP contribution >= 0.6 is 0 Å². The monoisotopic (exact) mass is 247 g/mol. The van der Waals surface area contributed by atoms with E-state index in [9.17, 15) is 9.59 Å². The smallest absolute Gasteiger partial charge is 0.224 e. The molecule has 0 saturated heterocycles. The average molecular weight is 247 g/mol. The van der Waals surface area contributed by atoms with Crippen molar-refractivity contribution < 1.29 is 14.3 Å². The highest BCUT2D eigenvalue weighted by atomic mass is 16.5. The molecule has 1 N–H and O–H groups in total. The lowest BCUT2D eigenvalue weighted by Crippen LogP contribution is -2.25. The van der Waals surface area contributed by atoms with Crippen LogP contribution in [0.15, 0.2) is 30.9 Å². The number of rotatable bonds is 6. The zero-order valence-electron chi connectivity index (χ0n) is 10.7. The van der Waals surface area contributed by atoms with Crippen molar-refractivity contribution in [1.29, 1.82) is 0 Å². The van der Waals surface area contributed by atoms with Crippen LogP contribution in [0.3, 0.4) is 0 Å². The standard InChI is InChI=1S/C14H17NO3/c1-4-7-15-14(17)9-12-8-11(10(2)16)5-6-13(12)18-3/h4-6,8H,1,7,9H2,2-3H3,(H,15,17). The lowest BCUT2D eigenvalue weighted by Gasteiger charge is -2.09. The highest BCUT2D eigenvalue weighted by Crippen LogP contribution is 2.20. The second-order valence-corrected chi connectivity index (χ2v) is 3.85. The number of ether oxygens (including phenoxy) is 1. The molecule has 0 aliphatic rings. The predicted octanol–water partition coefficient (Wildman–Crippen LogP) is 1.74. The molecule has 0 spiro atoms. The first-order chi connectivity index (χ1) is 8.58. The second kappa shape index (κ2) is 6.59. The number of amides is 1. The minimum absolute atomic E-state index is 0.0367. The Labute approximate surface area is 107 Å². The number of Topliss-reactive ketones (excluding diaryl/α,β-unsaturated/α-hetero) is 1. The normalized spacial score (nSPS) is 9.67. The van der Waals surface area contributed by atoms with Crippen LogP contribution in [-0.2, 0) is 11.2 Å². The zero-order chi connectivity index (χ0) is 13.5. The fourth-order valence-corrected chi connectivity index (χ4v) is 1.56. The van der Waals surface area contributed by atoms with Crippen LogP contribution in [0, 0.1) is 0 Å². The van der Waals surface area contributed by atoms with Crippen molar-refractivity contribution in [1.82, 2.24) is 5.32 Å². The third-order valence-corrected chi connectivity index (χ3v) is 2.48. The molecule has 0 unspecified atom stereocenters. The van der Waals surface area contributed by atoms with Crippen LogP contribution in [0.5, 0.6) is 5.75 Å². The highest BCUT2D eigenvalue weighted by molar-refractivity contribution is 5.94. The van der Waals surface area contributed by atoms with E-state index in [1.807, 2.05) is 0 Å². The molecule has 4 nitrogen and oxygen atoms in total. The summed E-state index contributed by atoms with van der Waals surface area (Å²) in [6, 6.07) is 5.08. The number of carbonyl (C=O) groups excluding carboxylic acids is 2. The van der Waals surface area contributed by atoms with Gasteiger partial charge in [-0.15, -0.1) is 6.58 Å². The molecule has 0 saturated carbocycles. The Morgan fingerprint density at radius 3 is 2.72 bits per heavy atom. The molecule has 1 amide bonds. The van der Waals surface area contributed by atoms with Gasteiger partial charge in [0.1, 0.15) is 5.75 Å². The third kappa shape index (κ3) is 3.73. The molecule has 96 valence electrons. The number of ketones is 1. The molecule has 0 heterocycles. The molecule has 0 radical (unpaired) electrons. The highest BCUT2D eigenvalue weighted by Gasteiger charge is 2.10. The maximum absolute atomic E-state index is 11.6. The minimum Gasteiger partial charge on any atom is -0.496 e. The quantitative estimate of drug-likeness (QED) is 0.615. The van der Waals surface area contributed by atoms with Crippen LogP contribution in [0.2, 0.25) is 0 Å². The molecule has 0 aliphatic heterocycles. The molecule has 0 aliphatic carbocycles. The maximum Gasteiger partial charge on any atom is 0.224 e. The number of carbonyl (C=O) groups is 2. The van der Waals surface area contributed by atoms with Crippen LogP contribution in [0.25, 0.3) is 0 Å². The van der Waals surface area contributed by atoms with Crippen LogP contribution in [-0.4, -0.2) is 25.3 Å². The predicted molar refractivity (Wildman–Crippen MR) is 69.9 cm³/mol. The molecule has 0 atom stereocenters. The molecule has 0 fully saturated rings. The van der Waals surface area contributed by atoms with Crippen molar-refractivity contribution in [2.75, 3.05) is 13.7 Å². The number of benzene rings is 1. The van der Waals surface area contributed by atoms with E-state index in [-0.39, 0.29) is 18.1 Å². The second-order valence-electron chi connectivity index (χ2n) is 3.85. The number of nitrogens with one attached hydrogen (secondary N) is 1. The molecule has 1 aromatic rings. The number of hydrogen-bond donors (Lipinski definition) is 1. The van der Waals surface area contributed by atoms with Gasteiger partial charge >= 0.3 is 0 Å². The van der Waals surface area contributed by atoms with Crippen molar-refractivity contribution >= 4 is 11.7 Å². The molecule has 0 aromatic heterocycles.